The quantitative estimate of drug-likeness (QED) is 0.899. The second kappa shape index (κ2) is 4.85. The minimum Gasteiger partial charge on any atom is -0.397 e. The van der Waals surface area contributed by atoms with Gasteiger partial charge in [-0.15, -0.1) is 11.3 Å². The Labute approximate surface area is 116 Å². The largest absolute Gasteiger partial charge is 0.397 e. The molecule has 0 spiro atoms. The fourth-order valence-corrected chi connectivity index (χ4v) is 3.44. The van der Waals surface area contributed by atoms with Gasteiger partial charge in [0.25, 0.3) is 5.91 Å². The van der Waals surface area contributed by atoms with Crippen LogP contribution in [0.25, 0.3) is 10.1 Å². The summed E-state index contributed by atoms with van der Waals surface area (Å²) < 4.78 is 1.07. The van der Waals surface area contributed by atoms with Gasteiger partial charge >= 0.3 is 0 Å². The predicted octanol–water partition coefficient (Wildman–Crippen LogP) is 3.26. The summed E-state index contributed by atoms with van der Waals surface area (Å²) in [6, 6.07) is 7.88. The minimum atomic E-state index is -0.0359. The number of benzene rings is 1. The van der Waals surface area contributed by atoms with Crippen molar-refractivity contribution >= 4 is 33.0 Å². The van der Waals surface area contributed by atoms with E-state index in [4.69, 9.17) is 5.73 Å². The lowest BCUT2D eigenvalue weighted by molar-refractivity contribution is 0.0951. The Bertz CT molecular complexity index is 616. The van der Waals surface area contributed by atoms with Crippen molar-refractivity contribution in [3.8, 4) is 0 Å². The summed E-state index contributed by atoms with van der Waals surface area (Å²) in [5.74, 6) is 1.34. The second-order valence-corrected chi connectivity index (χ2v) is 6.42. The number of nitrogen functional groups attached to an aromatic ring is 1. The van der Waals surface area contributed by atoms with Crippen LogP contribution in [0.4, 0.5) is 5.69 Å². The van der Waals surface area contributed by atoms with E-state index in [0.717, 1.165) is 22.5 Å². The molecule has 19 heavy (non-hydrogen) atoms. The first-order chi connectivity index (χ1) is 9.16. The number of anilines is 1. The van der Waals surface area contributed by atoms with E-state index in [1.165, 1.54) is 24.2 Å². The molecule has 1 aromatic heterocycles. The van der Waals surface area contributed by atoms with Crippen LogP contribution in [0.15, 0.2) is 24.3 Å². The minimum absolute atomic E-state index is 0.0359. The van der Waals surface area contributed by atoms with Crippen molar-refractivity contribution in [2.45, 2.75) is 19.8 Å². The first-order valence-electron chi connectivity index (χ1n) is 6.72. The standard InChI is InChI=1S/C15H18N2OS/c1-9(10-6-7-10)8-17-15(18)14-13(16)11-4-2-3-5-12(11)19-14/h2-5,9-10H,6-8,16H2,1H3,(H,17,18). The molecule has 1 aromatic carbocycles. The van der Waals surface area contributed by atoms with Crippen molar-refractivity contribution in [3.05, 3.63) is 29.1 Å². The summed E-state index contributed by atoms with van der Waals surface area (Å²) in [6.45, 7) is 2.95. The van der Waals surface area contributed by atoms with Crippen LogP contribution in [-0.4, -0.2) is 12.5 Å². The fourth-order valence-electron chi connectivity index (χ4n) is 2.40. The van der Waals surface area contributed by atoms with Gasteiger partial charge in [-0.3, -0.25) is 4.79 Å². The van der Waals surface area contributed by atoms with Crippen molar-refractivity contribution in [1.82, 2.24) is 5.32 Å². The van der Waals surface area contributed by atoms with Gasteiger partial charge in [-0.2, -0.15) is 0 Å². The van der Waals surface area contributed by atoms with E-state index in [9.17, 15) is 4.79 Å². The monoisotopic (exact) mass is 274 g/mol. The predicted molar refractivity (Wildman–Crippen MR) is 80.5 cm³/mol. The highest BCUT2D eigenvalue weighted by Crippen LogP contribution is 2.36. The Balaban J connectivity index is 1.75. The molecule has 1 fully saturated rings. The third-order valence-corrected chi connectivity index (χ3v) is 5.04. The highest BCUT2D eigenvalue weighted by molar-refractivity contribution is 7.21. The van der Waals surface area contributed by atoms with Crippen molar-refractivity contribution in [1.29, 1.82) is 0 Å². The second-order valence-electron chi connectivity index (χ2n) is 5.37. The van der Waals surface area contributed by atoms with Crippen molar-refractivity contribution < 1.29 is 4.79 Å². The molecule has 3 nitrogen and oxygen atoms in total. The summed E-state index contributed by atoms with van der Waals surface area (Å²) in [7, 11) is 0. The smallest absolute Gasteiger partial charge is 0.263 e. The molecule has 1 unspecified atom stereocenters. The molecule has 4 heteroatoms. The third-order valence-electron chi connectivity index (χ3n) is 3.85. The maximum absolute atomic E-state index is 12.2. The normalized spacial score (nSPS) is 16.5. The Hall–Kier alpha value is -1.55. The van der Waals surface area contributed by atoms with Crippen molar-refractivity contribution in [3.63, 3.8) is 0 Å². The van der Waals surface area contributed by atoms with Gasteiger partial charge in [0.1, 0.15) is 4.88 Å². The highest BCUT2D eigenvalue weighted by Gasteiger charge is 2.28. The number of hydrogen-bond donors (Lipinski definition) is 2. The van der Waals surface area contributed by atoms with Gasteiger partial charge in [-0.25, -0.2) is 0 Å². The molecule has 1 heterocycles. The number of amides is 1. The number of rotatable bonds is 4. The highest BCUT2D eigenvalue weighted by atomic mass is 32.1. The lowest BCUT2D eigenvalue weighted by Crippen LogP contribution is -2.28. The van der Waals surface area contributed by atoms with Gasteiger partial charge in [0.15, 0.2) is 0 Å². The number of carbonyl (C=O) groups is 1. The molecule has 2 aromatic rings. The zero-order valence-corrected chi connectivity index (χ0v) is 11.8. The van der Waals surface area contributed by atoms with Gasteiger partial charge in [0, 0.05) is 16.6 Å². The van der Waals surface area contributed by atoms with Crippen LogP contribution in [0.1, 0.15) is 29.4 Å². The summed E-state index contributed by atoms with van der Waals surface area (Å²) in [5, 5.41) is 3.99. The number of hydrogen-bond acceptors (Lipinski definition) is 3. The summed E-state index contributed by atoms with van der Waals surface area (Å²) in [5.41, 5.74) is 6.68. The van der Waals surface area contributed by atoms with Crippen LogP contribution in [0.3, 0.4) is 0 Å². The molecular formula is C15H18N2OS. The van der Waals surface area contributed by atoms with E-state index in [1.54, 1.807) is 0 Å². The zero-order valence-electron chi connectivity index (χ0n) is 11.0. The maximum atomic E-state index is 12.2. The molecule has 1 atom stereocenters. The lowest BCUT2D eigenvalue weighted by atomic mass is 10.1. The number of nitrogens with two attached hydrogens (primary N) is 1. The van der Waals surface area contributed by atoms with Crippen LogP contribution in [0, 0.1) is 11.8 Å². The lowest BCUT2D eigenvalue weighted by Gasteiger charge is -2.10. The molecule has 1 saturated carbocycles. The molecule has 0 aliphatic heterocycles. The summed E-state index contributed by atoms with van der Waals surface area (Å²) in [4.78, 5) is 12.8. The fraction of sp³-hybridized carbons (Fsp3) is 0.400. The summed E-state index contributed by atoms with van der Waals surface area (Å²) >= 11 is 1.47. The zero-order chi connectivity index (χ0) is 13.4. The van der Waals surface area contributed by atoms with E-state index < -0.39 is 0 Å². The van der Waals surface area contributed by atoms with Gasteiger partial charge in [-0.1, -0.05) is 25.1 Å². The van der Waals surface area contributed by atoms with Crippen molar-refractivity contribution in [2.75, 3.05) is 12.3 Å². The molecule has 3 rings (SSSR count). The molecular weight excluding hydrogens is 256 g/mol. The van der Waals surface area contributed by atoms with E-state index >= 15 is 0 Å². The molecule has 0 saturated heterocycles. The number of nitrogens with one attached hydrogen (secondary N) is 1. The van der Waals surface area contributed by atoms with Crippen LogP contribution < -0.4 is 11.1 Å². The van der Waals surface area contributed by atoms with E-state index in [2.05, 4.69) is 12.2 Å². The molecule has 0 radical (unpaired) electrons. The van der Waals surface area contributed by atoms with E-state index in [-0.39, 0.29) is 5.91 Å². The number of carbonyl (C=O) groups excluding carboxylic acids is 1. The summed E-state index contributed by atoms with van der Waals surface area (Å²) in [6.07, 6.45) is 2.62. The van der Waals surface area contributed by atoms with Crippen LogP contribution >= 0.6 is 11.3 Å². The van der Waals surface area contributed by atoms with Crippen LogP contribution in [-0.2, 0) is 0 Å². The molecule has 1 aliphatic carbocycles. The average molecular weight is 274 g/mol. The molecule has 0 bridgehead atoms. The average Bonchev–Trinajstić information content (AvgIpc) is 3.21. The number of fused-ring (bicyclic) bond motifs is 1. The maximum Gasteiger partial charge on any atom is 0.263 e. The van der Waals surface area contributed by atoms with Crippen molar-refractivity contribution in [2.24, 2.45) is 11.8 Å². The molecule has 1 aliphatic rings. The Kier molecular flexibility index (Phi) is 3.19. The van der Waals surface area contributed by atoms with Gasteiger partial charge in [0.05, 0.1) is 5.69 Å². The van der Waals surface area contributed by atoms with Crippen LogP contribution in [0.2, 0.25) is 0 Å². The molecule has 3 N–H and O–H groups in total. The van der Waals surface area contributed by atoms with Crippen LogP contribution in [0.5, 0.6) is 0 Å². The topological polar surface area (TPSA) is 55.1 Å². The Morgan fingerprint density at radius 2 is 2.21 bits per heavy atom. The first-order valence-corrected chi connectivity index (χ1v) is 7.53. The number of thiophene rings is 1. The SMILES string of the molecule is CC(CNC(=O)c1sc2ccccc2c1N)C1CC1. The molecule has 1 amide bonds. The Morgan fingerprint density at radius 1 is 1.47 bits per heavy atom. The van der Waals surface area contributed by atoms with Gasteiger partial charge in [0.2, 0.25) is 0 Å². The molecule has 100 valence electrons. The van der Waals surface area contributed by atoms with Gasteiger partial charge < -0.3 is 11.1 Å². The first kappa shape index (κ1) is 12.5. The van der Waals surface area contributed by atoms with E-state index in [1.807, 2.05) is 24.3 Å². The Morgan fingerprint density at radius 3 is 2.89 bits per heavy atom. The van der Waals surface area contributed by atoms with Gasteiger partial charge in [-0.05, 0) is 30.7 Å². The van der Waals surface area contributed by atoms with E-state index in [0.29, 0.717) is 16.5 Å². The third kappa shape index (κ3) is 2.45.